The second-order valence-electron chi connectivity index (χ2n) is 4.15. The minimum absolute atomic E-state index is 0.183. The second-order valence-corrected chi connectivity index (χ2v) is 4.15. The first kappa shape index (κ1) is 12.6. The van der Waals surface area contributed by atoms with Gasteiger partial charge in [0.05, 0.1) is 0 Å². The van der Waals surface area contributed by atoms with E-state index < -0.39 is 0 Å². The number of hydrogen-bond acceptors (Lipinski definition) is 3. The standard InChI is InChI=1S/C15H18N2O/c16-10-14(17)13-8-4-5-9-15(13)18-11-12-6-2-1-3-7-12/h1-9,14H,10-11,16-17H2. The molecule has 0 bridgehead atoms. The van der Waals surface area contributed by atoms with E-state index in [4.69, 9.17) is 16.2 Å². The van der Waals surface area contributed by atoms with Crippen LogP contribution in [0.5, 0.6) is 5.75 Å². The number of hydrogen-bond donors (Lipinski definition) is 2. The number of ether oxygens (including phenoxy) is 1. The molecule has 3 nitrogen and oxygen atoms in total. The lowest BCUT2D eigenvalue weighted by Crippen LogP contribution is -2.21. The van der Waals surface area contributed by atoms with E-state index in [1.54, 1.807) is 0 Å². The highest BCUT2D eigenvalue weighted by Crippen LogP contribution is 2.23. The summed E-state index contributed by atoms with van der Waals surface area (Å²) in [7, 11) is 0. The van der Waals surface area contributed by atoms with E-state index >= 15 is 0 Å². The average Bonchev–Trinajstić information content (AvgIpc) is 2.45. The third-order valence-electron chi connectivity index (χ3n) is 2.81. The van der Waals surface area contributed by atoms with E-state index in [9.17, 15) is 0 Å². The van der Waals surface area contributed by atoms with E-state index in [2.05, 4.69) is 0 Å². The molecule has 2 aromatic carbocycles. The highest BCUT2D eigenvalue weighted by atomic mass is 16.5. The maximum absolute atomic E-state index is 5.96. The smallest absolute Gasteiger partial charge is 0.124 e. The Kier molecular flexibility index (Phi) is 4.34. The van der Waals surface area contributed by atoms with Crippen LogP contribution in [0.25, 0.3) is 0 Å². The summed E-state index contributed by atoms with van der Waals surface area (Å²) in [6.45, 7) is 0.945. The Morgan fingerprint density at radius 2 is 1.61 bits per heavy atom. The van der Waals surface area contributed by atoms with Gasteiger partial charge in [-0.15, -0.1) is 0 Å². The van der Waals surface area contributed by atoms with Crippen LogP contribution >= 0.6 is 0 Å². The maximum atomic E-state index is 5.96. The monoisotopic (exact) mass is 242 g/mol. The first-order chi connectivity index (χ1) is 8.81. The van der Waals surface area contributed by atoms with Crippen LogP contribution in [0.4, 0.5) is 0 Å². The Bertz CT molecular complexity index is 485. The van der Waals surface area contributed by atoms with Crippen molar-refractivity contribution in [3.63, 3.8) is 0 Å². The fourth-order valence-corrected chi connectivity index (χ4v) is 1.78. The molecule has 0 heterocycles. The minimum atomic E-state index is -0.183. The van der Waals surface area contributed by atoms with Gasteiger partial charge in [0.1, 0.15) is 12.4 Å². The van der Waals surface area contributed by atoms with Crippen LogP contribution in [0.1, 0.15) is 17.2 Å². The summed E-state index contributed by atoms with van der Waals surface area (Å²) < 4.78 is 5.81. The first-order valence-electron chi connectivity index (χ1n) is 6.02. The van der Waals surface area contributed by atoms with Crippen molar-refractivity contribution in [3.05, 3.63) is 65.7 Å². The fourth-order valence-electron chi connectivity index (χ4n) is 1.78. The predicted molar refractivity (Wildman–Crippen MR) is 73.2 cm³/mol. The van der Waals surface area contributed by atoms with Crippen LogP contribution in [0.15, 0.2) is 54.6 Å². The zero-order chi connectivity index (χ0) is 12.8. The second kappa shape index (κ2) is 6.19. The molecule has 1 atom stereocenters. The largest absolute Gasteiger partial charge is 0.489 e. The lowest BCUT2D eigenvalue weighted by molar-refractivity contribution is 0.301. The molecule has 0 aliphatic carbocycles. The maximum Gasteiger partial charge on any atom is 0.124 e. The number of nitrogens with two attached hydrogens (primary N) is 2. The molecule has 4 N–H and O–H groups in total. The SMILES string of the molecule is NCC(N)c1ccccc1OCc1ccccc1. The van der Waals surface area contributed by atoms with E-state index in [1.807, 2.05) is 54.6 Å². The number of benzene rings is 2. The molecule has 0 aromatic heterocycles. The molecule has 0 aliphatic heterocycles. The average molecular weight is 242 g/mol. The van der Waals surface area contributed by atoms with Gasteiger partial charge in [-0.3, -0.25) is 0 Å². The van der Waals surface area contributed by atoms with Crippen molar-refractivity contribution < 1.29 is 4.74 Å². The molecule has 0 saturated heterocycles. The van der Waals surface area contributed by atoms with Crippen molar-refractivity contribution in [1.29, 1.82) is 0 Å². The lowest BCUT2D eigenvalue weighted by Gasteiger charge is -2.15. The number of para-hydroxylation sites is 1. The van der Waals surface area contributed by atoms with Crippen LogP contribution in [0, 0.1) is 0 Å². The van der Waals surface area contributed by atoms with Gasteiger partial charge in [0.15, 0.2) is 0 Å². The van der Waals surface area contributed by atoms with Gasteiger partial charge < -0.3 is 16.2 Å². The summed E-state index contributed by atoms with van der Waals surface area (Å²) in [6.07, 6.45) is 0. The molecule has 0 spiro atoms. The van der Waals surface area contributed by atoms with Crippen LogP contribution in [-0.2, 0) is 6.61 Å². The van der Waals surface area contributed by atoms with Gasteiger partial charge in [-0.1, -0.05) is 48.5 Å². The van der Waals surface area contributed by atoms with E-state index in [0.29, 0.717) is 13.2 Å². The van der Waals surface area contributed by atoms with Gasteiger partial charge in [-0.25, -0.2) is 0 Å². The molecule has 0 amide bonds. The van der Waals surface area contributed by atoms with Crippen molar-refractivity contribution in [3.8, 4) is 5.75 Å². The fraction of sp³-hybridized carbons (Fsp3) is 0.200. The van der Waals surface area contributed by atoms with Gasteiger partial charge in [-0.05, 0) is 11.6 Å². The molecule has 1 unspecified atom stereocenters. The molecule has 18 heavy (non-hydrogen) atoms. The third-order valence-corrected chi connectivity index (χ3v) is 2.81. The van der Waals surface area contributed by atoms with Gasteiger partial charge in [0, 0.05) is 18.2 Å². The molecule has 0 fully saturated rings. The molecular formula is C15H18N2O. The summed E-state index contributed by atoms with van der Waals surface area (Å²) in [6, 6.07) is 17.6. The zero-order valence-corrected chi connectivity index (χ0v) is 10.3. The first-order valence-corrected chi connectivity index (χ1v) is 6.02. The molecule has 2 aromatic rings. The Morgan fingerprint density at radius 3 is 2.33 bits per heavy atom. The van der Waals surface area contributed by atoms with Gasteiger partial charge >= 0.3 is 0 Å². The van der Waals surface area contributed by atoms with Crippen LogP contribution in [0.3, 0.4) is 0 Å². The van der Waals surface area contributed by atoms with Crippen LogP contribution in [-0.4, -0.2) is 6.54 Å². The summed E-state index contributed by atoms with van der Waals surface area (Å²) in [5, 5.41) is 0. The summed E-state index contributed by atoms with van der Waals surface area (Å²) >= 11 is 0. The van der Waals surface area contributed by atoms with Crippen molar-refractivity contribution >= 4 is 0 Å². The van der Waals surface area contributed by atoms with Gasteiger partial charge in [-0.2, -0.15) is 0 Å². The van der Waals surface area contributed by atoms with E-state index in [0.717, 1.165) is 16.9 Å². The molecule has 2 rings (SSSR count). The zero-order valence-electron chi connectivity index (χ0n) is 10.3. The van der Waals surface area contributed by atoms with Gasteiger partial charge in [0.2, 0.25) is 0 Å². The third kappa shape index (κ3) is 3.09. The number of rotatable bonds is 5. The minimum Gasteiger partial charge on any atom is -0.489 e. The van der Waals surface area contributed by atoms with Crippen molar-refractivity contribution in [2.45, 2.75) is 12.6 Å². The van der Waals surface area contributed by atoms with E-state index in [1.165, 1.54) is 0 Å². The predicted octanol–water partition coefficient (Wildman–Crippen LogP) is 2.22. The Hall–Kier alpha value is -1.84. The summed E-state index contributed by atoms with van der Waals surface area (Å²) in [5.41, 5.74) is 13.6. The molecule has 0 radical (unpaired) electrons. The normalized spacial score (nSPS) is 12.1. The summed E-state index contributed by atoms with van der Waals surface area (Å²) in [4.78, 5) is 0. The highest BCUT2D eigenvalue weighted by Gasteiger charge is 2.09. The highest BCUT2D eigenvalue weighted by molar-refractivity contribution is 5.36. The Morgan fingerprint density at radius 1 is 0.944 bits per heavy atom. The van der Waals surface area contributed by atoms with Crippen molar-refractivity contribution in [2.24, 2.45) is 11.5 Å². The summed E-state index contributed by atoms with van der Waals surface area (Å²) in [5.74, 6) is 0.805. The van der Waals surface area contributed by atoms with E-state index in [-0.39, 0.29) is 6.04 Å². The van der Waals surface area contributed by atoms with Gasteiger partial charge in [0.25, 0.3) is 0 Å². The Labute approximate surface area is 107 Å². The quantitative estimate of drug-likeness (QED) is 0.845. The van der Waals surface area contributed by atoms with Crippen molar-refractivity contribution in [1.82, 2.24) is 0 Å². The van der Waals surface area contributed by atoms with Crippen LogP contribution < -0.4 is 16.2 Å². The molecule has 0 saturated carbocycles. The molecule has 94 valence electrons. The molecular weight excluding hydrogens is 224 g/mol. The molecule has 0 aliphatic rings. The Balaban J connectivity index is 2.10. The molecule has 3 heteroatoms. The topological polar surface area (TPSA) is 61.3 Å². The lowest BCUT2D eigenvalue weighted by atomic mass is 10.1. The van der Waals surface area contributed by atoms with Crippen LogP contribution in [0.2, 0.25) is 0 Å². The van der Waals surface area contributed by atoms with Crippen molar-refractivity contribution in [2.75, 3.05) is 6.54 Å².